The first-order valence-electron chi connectivity index (χ1n) is 8.08. The molecule has 144 valence electrons. The van der Waals surface area contributed by atoms with Crippen LogP contribution < -0.4 is 15.4 Å². The summed E-state index contributed by atoms with van der Waals surface area (Å²) >= 11 is 0. The van der Waals surface area contributed by atoms with E-state index < -0.39 is 12.6 Å². The van der Waals surface area contributed by atoms with Crippen molar-refractivity contribution in [2.24, 2.45) is 4.99 Å². The van der Waals surface area contributed by atoms with Crippen molar-refractivity contribution in [2.75, 3.05) is 26.7 Å². The van der Waals surface area contributed by atoms with Gasteiger partial charge in [-0.1, -0.05) is 19.1 Å². The zero-order valence-corrected chi connectivity index (χ0v) is 17.2. The van der Waals surface area contributed by atoms with E-state index >= 15 is 0 Å². The summed E-state index contributed by atoms with van der Waals surface area (Å²) in [5.41, 5.74) is 1.18. The summed E-state index contributed by atoms with van der Waals surface area (Å²) in [6.45, 7) is 4.94. The lowest BCUT2D eigenvalue weighted by molar-refractivity contribution is -0.132. The molecule has 0 amide bonds. The van der Waals surface area contributed by atoms with Gasteiger partial charge in [0.2, 0.25) is 0 Å². The summed E-state index contributed by atoms with van der Waals surface area (Å²) in [7, 11) is 1.63. The molecule has 0 spiro atoms. The fraction of sp³-hybridized carbons (Fsp3) is 0.588. The first-order chi connectivity index (χ1) is 11.4. The number of alkyl halides is 3. The second-order valence-corrected chi connectivity index (χ2v) is 5.52. The van der Waals surface area contributed by atoms with Gasteiger partial charge < -0.3 is 15.4 Å². The number of rotatable bonds is 8. The van der Waals surface area contributed by atoms with Crippen LogP contribution >= 0.6 is 24.0 Å². The molecule has 0 aliphatic rings. The van der Waals surface area contributed by atoms with Gasteiger partial charge in [0.05, 0.1) is 13.5 Å². The predicted octanol–water partition coefficient (Wildman–Crippen LogP) is 4.31. The SMILES string of the molecule is CCNC(=NCCC(C)c1ccc(OC)cc1)NCCC(F)(F)F.I. The molecule has 1 aromatic rings. The first-order valence-corrected chi connectivity index (χ1v) is 8.08. The Morgan fingerprint density at radius 3 is 2.36 bits per heavy atom. The van der Waals surface area contributed by atoms with Crippen molar-refractivity contribution in [2.45, 2.75) is 38.8 Å². The van der Waals surface area contributed by atoms with Crippen molar-refractivity contribution in [1.29, 1.82) is 0 Å². The van der Waals surface area contributed by atoms with Crippen molar-refractivity contribution in [3.63, 3.8) is 0 Å². The number of guanidine groups is 1. The van der Waals surface area contributed by atoms with Gasteiger partial charge in [0.1, 0.15) is 5.75 Å². The molecule has 0 aromatic heterocycles. The second kappa shape index (κ2) is 12.2. The number of hydrogen-bond acceptors (Lipinski definition) is 2. The number of halogens is 4. The highest BCUT2D eigenvalue weighted by atomic mass is 127. The van der Waals surface area contributed by atoms with Gasteiger partial charge in [0, 0.05) is 19.6 Å². The average molecular weight is 473 g/mol. The number of methoxy groups -OCH3 is 1. The molecule has 0 aliphatic heterocycles. The average Bonchev–Trinajstić information content (AvgIpc) is 2.53. The van der Waals surface area contributed by atoms with Crippen molar-refractivity contribution < 1.29 is 17.9 Å². The predicted molar refractivity (Wildman–Crippen MR) is 106 cm³/mol. The lowest BCUT2D eigenvalue weighted by Gasteiger charge is -2.14. The Labute approximate surface area is 164 Å². The van der Waals surface area contributed by atoms with Crippen LogP contribution in [0, 0.1) is 0 Å². The zero-order chi connectivity index (χ0) is 18.0. The molecule has 0 heterocycles. The first kappa shape index (κ1) is 23.8. The van der Waals surface area contributed by atoms with Gasteiger partial charge in [0.25, 0.3) is 0 Å². The zero-order valence-electron chi connectivity index (χ0n) is 14.8. The molecule has 0 radical (unpaired) electrons. The Hall–Kier alpha value is -1.19. The largest absolute Gasteiger partial charge is 0.497 e. The highest BCUT2D eigenvalue weighted by Crippen LogP contribution is 2.21. The monoisotopic (exact) mass is 473 g/mol. The minimum atomic E-state index is -4.16. The van der Waals surface area contributed by atoms with Crippen molar-refractivity contribution in [3.8, 4) is 5.75 Å². The maximum atomic E-state index is 12.2. The molecule has 1 rings (SSSR count). The maximum absolute atomic E-state index is 12.2. The van der Waals surface area contributed by atoms with E-state index in [0.29, 0.717) is 25.0 Å². The smallest absolute Gasteiger partial charge is 0.390 e. The third-order valence-corrected chi connectivity index (χ3v) is 3.56. The number of nitrogens with zero attached hydrogens (tertiary/aromatic N) is 1. The Bertz CT molecular complexity index is 507. The summed E-state index contributed by atoms with van der Waals surface area (Å²) < 4.78 is 41.7. The quantitative estimate of drug-likeness (QED) is 0.336. The lowest BCUT2D eigenvalue weighted by atomic mass is 9.98. The standard InChI is InChI=1S/C17H26F3N3O.HI/c1-4-21-16(23-12-10-17(18,19)20)22-11-9-13(2)14-5-7-15(24-3)8-6-14;/h5-8,13H,4,9-12H2,1-3H3,(H2,21,22,23);1H. The van der Waals surface area contributed by atoms with Gasteiger partial charge in [-0.3, -0.25) is 4.99 Å². The number of hydrogen-bond donors (Lipinski definition) is 2. The molecule has 8 heteroatoms. The van der Waals surface area contributed by atoms with Crippen LogP contribution in [0.1, 0.15) is 38.2 Å². The van der Waals surface area contributed by atoms with Gasteiger partial charge >= 0.3 is 6.18 Å². The summed E-state index contributed by atoms with van der Waals surface area (Å²) in [5, 5.41) is 5.66. The highest BCUT2D eigenvalue weighted by molar-refractivity contribution is 14.0. The van der Waals surface area contributed by atoms with E-state index in [4.69, 9.17) is 4.74 Å². The number of ether oxygens (including phenoxy) is 1. The fourth-order valence-corrected chi connectivity index (χ4v) is 2.13. The normalized spacial score (nSPS) is 13.0. The molecule has 2 N–H and O–H groups in total. The molecule has 1 unspecified atom stereocenters. The molecule has 1 atom stereocenters. The van der Waals surface area contributed by atoms with Gasteiger partial charge in [-0.25, -0.2) is 0 Å². The van der Waals surface area contributed by atoms with E-state index in [1.807, 2.05) is 31.2 Å². The highest BCUT2D eigenvalue weighted by Gasteiger charge is 2.26. The maximum Gasteiger partial charge on any atom is 0.390 e. The van der Waals surface area contributed by atoms with Crippen LogP contribution in [0.25, 0.3) is 0 Å². The van der Waals surface area contributed by atoms with Crippen LogP contribution in [-0.2, 0) is 0 Å². The minimum Gasteiger partial charge on any atom is -0.497 e. The van der Waals surface area contributed by atoms with E-state index in [2.05, 4.69) is 22.5 Å². The number of nitrogens with one attached hydrogen (secondary N) is 2. The number of benzene rings is 1. The van der Waals surface area contributed by atoms with Crippen molar-refractivity contribution >= 4 is 29.9 Å². The van der Waals surface area contributed by atoms with Crippen molar-refractivity contribution in [3.05, 3.63) is 29.8 Å². The molecule has 0 bridgehead atoms. The third-order valence-electron chi connectivity index (χ3n) is 3.56. The molecule has 25 heavy (non-hydrogen) atoms. The summed E-state index contributed by atoms with van der Waals surface area (Å²) in [4.78, 5) is 4.33. The molecule has 0 saturated carbocycles. The Morgan fingerprint density at radius 2 is 1.84 bits per heavy atom. The van der Waals surface area contributed by atoms with Gasteiger partial charge in [-0.05, 0) is 37.0 Å². The topological polar surface area (TPSA) is 45.7 Å². The van der Waals surface area contributed by atoms with Crippen molar-refractivity contribution in [1.82, 2.24) is 10.6 Å². The molecule has 1 aromatic carbocycles. The van der Waals surface area contributed by atoms with Crippen LogP contribution in [-0.4, -0.2) is 38.9 Å². The molecule has 4 nitrogen and oxygen atoms in total. The Balaban J connectivity index is 0.00000576. The summed E-state index contributed by atoms with van der Waals surface area (Å²) in [6, 6.07) is 7.86. The summed E-state index contributed by atoms with van der Waals surface area (Å²) in [6.07, 6.45) is -4.23. The van der Waals surface area contributed by atoms with E-state index in [1.165, 1.54) is 5.56 Å². The second-order valence-electron chi connectivity index (χ2n) is 5.52. The van der Waals surface area contributed by atoms with E-state index in [0.717, 1.165) is 12.2 Å². The summed E-state index contributed by atoms with van der Waals surface area (Å²) in [5.74, 6) is 1.54. The van der Waals surface area contributed by atoms with Gasteiger partial charge in [0.15, 0.2) is 5.96 Å². The molecule has 0 fully saturated rings. The van der Waals surface area contributed by atoms with Crippen LogP contribution in [0.5, 0.6) is 5.75 Å². The Kier molecular flexibility index (Phi) is 11.6. The minimum absolute atomic E-state index is 0. The van der Waals surface area contributed by atoms with E-state index in [1.54, 1.807) is 7.11 Å². The lowest BCUT2D eigenvalue weighted by Crippen LogP contribution is -2.39. The van der Waals surface area contributed by atoms with Crippen LogP contribution in [0.15, 0.2) is 29.3 Å². The third kappa shape index (κ3) is 10.4. The van der Waals surface area contributed by atoms with Gasteiger partial charge in [-0.15, -0.1) is 24.0 Å². The Morgan fingerprint density at radius 1 is 1.20 bits per heavy atom. The molecule has 0 aliphatic carbocycles. The molecular formula is C17H27F3IN3O. The fourth-order valence-electron chi connectivity index (χ4n) is 2.13. The van der Waals surface area contributed by atoms with E-state index in [-0.39, 0.29) is 30.5 Å². The number of aliphatic imine (C=N–C) groups is 1. The van der Waals surface area contributed by atoms with Crippen LogP contribution in [0.4, 0.5) is 13.2 Å². The molecule has 0 saturated heterocycles. The van der Waals surface area contributed by atoms with Crippen LogP contribution in [0.3, 0.4) is 0 Å². The van der Waals surface area contributed by atoms with E-state index in [9.17, 15) is 13.2 Å². The van der Waals surface area contributed by atoms with Crippen LogP contribution in [0.2, 0.25) is 0 Å². The van der Waals surface area contributed by atoms with Gasteiger partial charge in [-0.2, -0.15) is 13.2 Å². The molecular weight excluding hydrogens is 446 g/mol.